The highest BCUT2D eigenvalue weighted by atomic mass is 16.6. The first-order valence-corrected chi connectivity index (χ1v) is 14.3. The van der Waals surface area contributed by atoms with E-state index in [2.05, 4.69) is 24.1 Å². The van der Waals surface area contributed by atoms with Gasteiger partial charge in [0.05, 0.1) is 19.3 Å². The quantitative estimate of drug-likeness (QED) is 0.243. The summed E-state index contributed by atoms with van der Waals surface area (Å²) in [6.07, 6.45) is -0.930. The van der Waals surface area contributed by atoms with Gasteiger partial charge in [0, 0.05) is 19.6 Å². The van der Waals surface area contributed by atoms with E-state index in [1.165, 1.54) is 0 Å². The predicted octanol–water partition coefficient (Wildman–Crippen LogP) is 6.23. The van der Waals surface area contributed by atoms with Crippen LogP contribution in [0.15, 0.2) is 78.9 Å². The predicted molar refractivity (Wildman–Crippen MR) is 163 cm³/mol. The van der Waals surface area contributed by atoms with Gasteiger partial charge in [0.2, 0.25) is 0 Å². The molecular formula is C34H46N2O5. The Bertz CT molecular complexity index is 1170. The van der Waals surface area contributed by atoms with E-state index in [4.69, 9.17) is 14.2 Å². The van der Waals surface area contributed by atoms with E-state index in [0.717, 1.165) is 34.7 Å². The molecule has 2 atom stereocenters. The second-order valence-electron chi connectivity index (χ2n) is 11.9. The van der Waals surface area contributed by atoms with Crippen molar-refractivity contribution in [1.82, 2.24) is 10.2 Å². The number of rotatable bonds is 14. The van der Waals surface area contributed by atoms with E-state index in [0.29, 0.717) is 32.0 Å². The number of aliphatic hydroxyl groups excluding tert-OH is 1. The molecule has 3 aromatic carbocycles. The van der Waals surface area contributed by atoms with Crippen molar-refractivity contribution in [2.75, 3.05) is 20.2 Å². The molecule has 0 saturated carbocycles. The standard InChI is InChI=1S/C34H46N2O5/c1-25(2)21-36(22-27-14-16-29(39-6)17-15-27)23-32(37)31(35-33(38)41-34(3,4)5)20-26-12-18-30(19-13-26)40-24-28-10-8-7-9-11-28/h7-19,25,31-32,37H,20-24H2,1-6H3,(H,35,38)/t31-,32+/m0/s1. The van der Waals surface area contributed by atoms with Crippen LogP contribution in [0, 0.1) is 5.92 Å². The number of amides is 1. The molecule has 0 fully saturated rings. The van der Waals surface area contributed by atoms with Crippen LogP contribution in [0.1, 0.15) is 51.3 Å². The smallest absolute Gasteiger partial charge is 0.407 e. The van der Waals surface area contributed by atoms with Gasteiger partial charge in [0.25, 0.3) is 0 Å². The molecule has 41 heavy (non-hydrogen) atoms. The van der Waals surface area contributed by atoms with Crippen LogP contribution in [0.3, 0.4) is 0 Å². The Balaban J connectivity index is 1.71. The lowest BCUT2D eigenvalue weighted by Gasteiger charge is -2.32. The zero-order valence-corrected chi connectivity index (χ0v) is 25.3. The summed E-state index contributed by atoms with van der Waals surface area (Å²) in [5, 5.41) is 14.4. The zero-order valence-electron chi connectivity index (χ0n) is 25.3. The van der Waals surface area contributed by atoms with Crippen molar-refractivity contribution >= 4 is 6.09 Å². The average molecular weight is 563 g/mol. The van der Waals surface area contributed by atoms with Gasteiger partial charge in [0.1, 0.15) is 23.7 Å². The van der Waals surface area contributed by atoms with Crippen molar-refractivity contribution in [3.63, 3.8) is 0 Å². The lowest BCUT2D eigenvalue weighted by Crippen LogP contribution is -2.50. The molecule has 7 heteroatoms. The van der Waals surface area contributed by atoms with E-state index in [1.807, 2.05) is 99.6 Å². The highest BCUT2D eigenvalue weighted by Gasteiger charge is 2.27. The van der Waals surface area contributed by atoms with Gasteiger partial charge in [0.15, 0.2) is 0 Å². The van der Waals surface area contributed by atoms with E-state index in [-0.39, 0.29) is 0 Å². The van der Waals surface area contributed by atoms with Crippen LogP contribution in [0.5, 0.6) is 11.5 Å². The number of alkyl carbamates (subject to hydrolysis) is 1. The van der Waals surface area contributed by atoms with E-state index < -0.39 is 23.8 Å². The van der Waals surface area contributed by atoms with Crippen LogP contribution in [0.25, 0.3) is 0 Å². The van der Waals surface area contributed by atoms with Gasteiger partial charge in [-0.05, 0) is 74.1 Å². The number of nitrogens with zero attached hydrogens (tertiary/aromatic N) is 1. The molecule has 0 bridgehead atoms. The molecule has 3 aromatic rings. The number of hydrogen-bond acceptors (Lipinski definition) is 6. The lowest BCUT2D eigenvalue weighted by atomic mass is 10.00. The van der Waals surface area contributed by atoms with E-state index in [9.17, 15) is 9.90 Å². The van der Waals surface area contributed by atoms with Gasteiger partial charge in [-0.25, -0.2) is 4.79 Å². The van der Waals surface area contributed by atoms with Crippen molar-refractivity contribution in [2.45, 2.75) is 71.9 Å². The molecule has 0 radical (unpaired) electrons. The van der Waals surface area contributed by atoms with E-state index >= 15 is 0 Å². The fourth-order valence-corrected chi connectivity index (χ4v) is 4.56. The van der Waals surface area contributed by atoms with Crippen LogP contribution >= 0.6 is 0 Å². The first kappa shape index (κ1) is 32.0. The SMILES string of the molecule is COc1ccc(CN(CC(C)C)C[C@@H](O)[C@H](Cc2ccc(OCc3ccccc3)cc2)NC(=O)OC(C)(C)C)cc1. The maximum atomic E-state index is 12.8. The summed E-state index contributed by atoms with van der Waals surface area (Å²) in [6.45, 7) is 12.1. The van der Waals surface area contributed by atoms with Gasteiger partial charge in [-0.2, -0.15) is 0 Å². The minimum absolute atomic E-state index is 0.392. The fourth-order valence-electron chi connectivity index (χ4n) is 4.56. The van der Waals surface area contributed by atoms with Crippen LogP contribution in [0.4, 0.5) is 4.79 Å². The Morgan fingerprint density at radius 1 is 0.854 bits per heavy atom. The minimum Gasteiger partial charge on any atom is -0.497 e. The Kier molecular flexibility index (Phi) is 12.0. The molecule has 222 valence electrons. The lowest BCUT2D eigenvalue weighted by molar-refractivity contribution is 0.0348. The second-order valence-corrected chi connectivity index (χ2v) is 11.9. The summed E-state index contributed by atoms with van der Waals surface area (Å²) in [7, 11) is 1.65. The van der Waals surface area contributed by atoms with Crippen LogP contribution < -0.4 is 14.8 Å². The van der Waals surface area contributed by atoms with Crippen molar-refractivity contribution in [2.24, 2.45) is 5.92 Å². The van der Waals surface area contributed by atoms with Crippen molar-refractivity contribution in [3.8, 4) is 11.5 Å². The summed E-state index contributed by atoms with van der Waals surface area (Å²) in [5.41, 5.74) is 2.56. The molecule has 0 aliphatic heterocycles. The molecule has 0 aliphatic carbocycles. The largest absolute Gasteiger partial charge is 0.497 e. The van der Waals surface area contributed by atoms with Crippen LogP contribution in [-0.4, -0.2) is 54.0 Å². The average Bonchev–Trinajstić information content (AvgIpc) is 2.92. The van der Waals surface area contributed by atoms with Crippen LogP contribution in [-0.2, 0) is 24.3 Å². The monoisotopic (exact) mass is 562 g/mol. The van der Waals surface area contributed by atoms with Crippen molar-refractivity contribution < 1.29 is 24.1 Å². The van der Waals surface area contributed by atoms with Gasteiger partial charge < -0.3 is 24.6 Å². The number of nitrogens with one attached hydrogen (secondary N) is 1. The first-order chi connectivity index (χ1) is 19.5. The summed E-state index contributed by atoms with van der Waals surface area (Å²) >= 11 is 0. The van der Waals surface area contributed by atoms with Crippen LogP contribution in [0.2, 0.25) is 0 Å². The zero-order chi connectivity index (χ0) is 29.8. The van der Waals surface area contributed by atoms with Crippen molar-refractivity contribution in [1.29, 1.82) is 0 Å². The molecule has 1 amide bonds. The molecule has 0 heterocycles. The third-order valence-electron chi connectivity index (χ3n) is 6.43. The first-order valence-electron chi connectivity index (χ1n) is 14.3. The Morgan fingerprint density at radius 3 is 2.05 bits per heavy atom. The Morgan fingerprint density at radius 2 is 1.46 bits per heavy atom. The number of hydrogen-bond donors (Lipinski definition) is 2. The Hall–Kier alpha value is -3.55. The minimum atomic E-state index is -0.825. The number of carbonyl (C=O) groups excluding carboxylic acids is 1. The fraction of sp³-hybridized carbons (Fsp3) is 0.441. The summed E-state index contributed by atoms with van der Waals surface area (Å²) < 4.78 is 16.7. The molecule has 0 saturated heterocycles. The molecule has 0 aromatic heterocycles. The summed E-state index contributed by atoms with van der Waals surface area (Å²) in [4.78, 5) is 15.0. The molecule has 7 nitrogen and oxygen atoms in total. The van der Waals surface area contributed by atoms with E-state index in [1.54, 1.807) is 7.11 Å². The topological polar surface area (TPSA) is 80.3 Å². The maximum absolute atomic E-state index is 12.8. The van der Waals surface area contributed by atoms with Gasteiger partial charge in [-0.15, -0.1) is 0 Å². The molecule has 0 unspecified atom stereocenters. The van der Waals surface area contributed by atoms with Gasteiger partial charge in [-0.3, -0.25) is 4.90 Å². The number of aliphatic hydroxyl groups is 1. The normalized spacial score (nSPS) is 13.1. The molecule has 0 aliphatic rings. The third-order valence-corrected chi connectivity index (χ3v) is 6.43. The van der Waals surface area contributed by atoms with Crippen molar-refractivity contribution in [3.05, 3.63) is 95.6 Å². The molecule has 3 rings (SSSR count). The summed E-state index contributed by atoms with van der Waals surface area (Å²) in [6, 6.07) is 25.2. The number of methoxy groups -OCH3 is 1. The number of ether oxygens (including phenoxy) is 3. The maximum Gasteiger partial charge on any atom is 0.407 e. The number of carbonyl (C=O) groups is 1. The molecule has 0 spiro atoms. The summed E-state index contributed by atoms with van der Waals surface area (Å²) in [5.74, 6) is 1.97. The number of benzene rings is 3. The highest BCUT2D eigenvalue weighted by Crippen LogP contribution is 2.19. The third kappa shape index (κ3) is 11.8. The highest BCUT2D eigenvalue weighted by molar-refractivity contribution is 5.68. The Labute approximate surface area is 245 Å². The molecule has 2 N–H and O–H groups in total. The van der Waals surface area contributed by atoms with Gasteiger partial charge >= 0.3 is 6.09 Å². The molecular weight excluding hydrogens is 516 g/mol. The second kappa shape index (κ2) is 15.5. The van der Waals surface area contributed by atoms with Gasteiger partial charge in [-0.1, -0.05) is 68.4 Å².